The first-order valence-corrected chi connectivity index (χ1v) is 5.39. The third-order valence-electron chi connectivity index (χ3n) is 2.92. The average molecular weight is 194 g/mol. The molecule has 14 heavy (non-hydrogen) atoms. The van der Waals surface area contributed by atoms with Crippen LogP contribution in [0.2, 0.25) is 0 Å². The van der Waals surface area contributed by atoms with Crippen LogP contribution in [-0.2, 0) is 0 Å². The Morgan fingerprint density at radius 3 is 2.71 bits per heavy atom. The number of nitrogens with one attached hydrogen (secondary N) is 1. The minimum atomic E-state index is 0.197. The summed E-state index contributed by atoms with van der Waals surface area (Å²) in [6, 6.07) is 0.582. The van der Waals surface area contributed by atoms with Crippen LogP contribution in [0, 0.1) is 18.3 Å². The van der Waals surface area contributed by atoms with Gasteiger partial charge in [0.25, 0.3) is 0 Å². The molecular weight excluding hydrogens is 172 g/mol. The van der Waals surface area contributed by atoms with Gasteiger partial charge in [-0.05, 0) is 19.8 Å². The van der Waals surface area contributed by atoms with Crippen LogP contribution >= 0.6 is 0 Å². The van der Waals surface area contributed by atoms with Gasteiger partial charge in [-0.2, -0.15) is 0 Å². The lowest BCUT2D eigenvalue weighted by molar-refractivity contribution is 0.0824. The van der Waals surface area contributed by atoms with E-state index in [0.29, 0.717) is 12.0 Å². The van der Waals surface area contributed by atoms with Crippen molar-refractivity contribution >= 4 is 0 Å². The van der Waals surface area contributed by atoms with E-state index in [-0.39, 0.29) is 5.54 Å². The number of hydrogen-bond acceptors (Lipinski definition) is 2. The van der Waals surface area contributed by atoms with Crippen LogP contribution in [0.15, 0.2) is 0 Å². The van der Waals surface area contributed by atoms with Crippen LogP contribution in [0.5, 0.6) is 0 Å². The summed E-state index contributed by atoms with van der Waals surface area (Å²) in [5, 5.41) is 3.57. The maximum absolute atomic E-state index is 5.40. The molecule has 0 aliphatic carbocycles. The van der Waals surface area contributed by atoms with E-state index < -0.39 is 0 Å². The number of terminal acetylenes is 1. The highest BCUT2D eigenvalue weighted by molar-refractivity contribution is 4.98. The van der Waals surface area contributed by atoms with E-state index >= 15 is 0 Å². The van der Waals surface area contributed by atoms with Crippen molar-refractivity contribution in [3.05, 3.63) is 0 Å². The number of piperazine rings is 1. The fraction of sp³-hybridized carbons (Fsp3) is 0.833. The normalized spacial score (nSPS) is 27.6. The predicted molar refractivity (Wildman–Crippen MR) is 61.1 cm³/mol. The van der Waals surface area contributed by atoms with E-state index in [1.165, 1.54) is 0 Å². The molecule has 1 rings (SSSR count). The molecule has 0 radical (unpaired) electrons. The summed E-state index contributed by atoms with van der Waals surface area (Å²) in [6.45, 7) is 11.8. The van der Waals surface area contributed by atoms with Gasteiger partial charge in [0.15, 0.2) is 0 Å². The molecule has 1 unspecified atom stereocenters. The first kappa shape index (κ1) is 11.6. The molecule has 2 nitrogen and oxygen atoms in total. The minimum Gasteiger partial charge on any atom is -0.309 e. The predicted octanol–water partition coefficient (Wildman–Crippen LogP) is 1.33. The highest BCUT2D eigenvalue weighted by atomic mass is 15.2. The lowest BCUT2D eigenvalue weighted by Crippen LogP contribution is -2.62. The zero-order valence-corrected chi connectivity index (χ0v) is 9.80. The minimum absolute atomic E-state index is 0.197. The van der Waals surface area contributed by atoms with E-state index in [1.807, 2.05) is 0 Å². The summed E-state index contributed by atoms with van der Waals surface area (Å²) >= 11 is 0. The molecule has 0 spiro atoms. The van der Waals surface area contributed by atoms with Crippen molar-refractivity contribution in [2.45, 2.75) is 39.3 Å². The Kier molecular flexibility index (Phi) is 3.58. The highest BCUT2D eigenvalue weighted by Gasteiger charge is 2.33. The second kappa shape index (κ2) is 4.33. The smallest absolute Gasteiger partial charge is 0.0602 e. The van der Waals surface area contributed by atoms with Crippen LogP contribution in [0.1, 0.15) is 27.7 Å². The lowest BCUT2D eigenvalue weighted by atomic mass is 9.93. The largest absolute Gasteiger partial charge is 0.309 e. The van der Waals surface area contributed by atoms with Gasteiger partial charge in [-0.1, -0.05) is 19.8 Å². The van der Waals surface area contributed by atoms with E-state index in [2.05, 4.69) is 43.8 Å². The quantitative estimate of drug-likeness (QED) is 0.667. The second-order valence-electron chi connectivity index (χ2n) is 5.19. The van der Waals surface area contributed by atoms with Crippen LogP contribution in [0.25, 0.3) is 0 Å². The summed E-state index contributed by atoms with van der Waals surface area (Å²) in [6.07, 6.45) is 5.40. The van der Waals surface area contributed by atoms with Crippen molar-refractivity contribution in [3.8, 4) is 12.3 Å². The zero-order chi connectivity index (χ0) is 10.8. The van der Waals surface area contributed by atoms with Gasteiger partial charge in [-0.15, -0.1) is 6.42 Å². The van der Waals surface area contributed by atoms with Gasteiger partial charge in [-0.3, -0.25) is 4.90 Å². The van der Waals surface area contributed by atoms with Crippen molar-refractivity contribution in [1.82, 2.24) is 10.2 Å². The van der Waals surface area contributed by atoms with Gasteiger partial charge in [0.05, 0.1) is 6.54 Å². The molecule has 1 aliphatic heterocycles. The molecule has 0 amide bonds. The van der Waals surface area contributed by atoms with Crippen LogP contribution in [0.4, 0.5) is 0 Å². The maximum atomic E-state index is 5.40. The monoisotopic (exact) mass is 194 g/mol. The average Bonchev–Trinajstić information content (AvgIpc) is 2.02. The Labute approximate surface area is 88.1 Å². The molecule has 1 atom stereocenters. The summed E-state index contributed by atoms with van der Waals surface area (Å²) in [5.74, 6) is 3.42. The second-order valence-corrected chi connectivity index (χ2v) is 5.19. The van der Waals surface area contributed by atoms with E-state index in [1.54, 1.807) is 0 Å². The Balaban J connectivity index is 2.66. The summed E-state index contributed by atoms with van der Waals surface area (Å²) < 4.78 is 0. The first-order valence-electron chi connectivity index (χ1n) is 5.39. The Hall–Kier alpha value is -0.520. The molecule has 1 fully saturated rings. The summed E-state index contributed by atoms with van der Waals surface area (Å²) in [5.41, 5.74) is 0.197. The van der Waals surface area contributed by atoms with Crippen LogP contribution < -0.4 is 5.32 Å². The molecule has 80 valence electrons. The topological polar surface area (TPSA) is 15.3 Å². The molecule has 2 heteroatoms. The molecule has 0 aromatic rings. The third kappa shape index (κ3) is 2.73. The SMILES string of the molecule is C#CCN1CC(C)(C)NCC1C(C)C. The van der Waals surface area contributed by atoms with Crippen LogP contribution in [0.3, 0.4) is 0 Å². The molecule has 1 N–H and O–H groups in total. The molecular formula is C12H22N2. The first-order chi connectivity index (χ1) is 6.46. The number of hydrogen-bond donors (Lipinski definition) is 1. The van der Waals surface area contributed by atoms with E-state index in [4.69, 9.17) is 6.42 Å². The molecule has 1 aliphatic rings. The van der Waals surface area contributed by atoms with Gasteiger partial charge in [0.1, 0.15) is 0 Å². The highest BCUT2D eigenvalue weighted by Crippen LogP contribution is 2.19. The van der Waals surface area contributed by atoms with Gasteiger partial charge < -0.3 is 5.32 Å². The molecule has 0 aromatic carbocycles. The van der Waals surface area contributed by atoms with Crippen molar-refractivity contribution in [2.75, 3.05) is 19.6 Å². The molecule has 1 saturated heterocycles. The van der Waals surface area contributed by atoms with Crippen molar-refractivity contribution in [3.63, 3.8) is 0 Å². The van der Waals surface area contributed by atoms with Crippen molar-refractivity contribution in [1.29, 1.82) is 0 Å². The molecule has 0 saturated carbocycles. The Bertz CT molecular complexity index is 225. The fourth-order valence-corrected chi connectivity index (χ4v) is 2.14. The summed E-state index contributed by atoms with van der Waals surface area (Å²) in [4.78, 5) is 2.42. The molecule has 0 aromatic heterocycles. The van der Waals surface area contributed by atoms with Crippen LogP contribution in [-0.4, -0.2) is 36.1 Å². The lowest BCUT2D eigenvalue weighted by Gasteiger charge is -2.45. The zero-order valence-electron chi connectivity index (χ0n) is 9.80. The van der Waals surface area contributed by atoms with Gasteiger partial charge >= 0.3 is 0 Å². The van der Waals surface area contributed by atoms with Gasteiger partial charge in [0.2, 0.25) is 0 Å². The van der Waals surface area contributed by atoms with E-state index in [9.17, 15) is 0 Å². The molecule has 1 heterocycles. The van der Waals surface area contributed by atoms with Crippen molar-refractivity contribution < 1.29 is 0 Å². The molecule has 0 bridgehead atoms. The van der Waals surface area contributed by atoms with Gasteiger partial charge in [0, 0.05) is 24.7 Å². The summed E-state index contributed by atoms with van der Waals surface area (Å²) in [7, 11) is 0. The van der Waals surface area contributed by atoms with E-state index in [0.717, 1.165) is 19.6 Å². The fourth-order valence-electron chi connectivity index (χ4n) is 2.14. The maximum Gasteiger partial charge on any atom is 0.0602 e. The number of rotatable bonds is 2. The Morgan fingerprint density at radius 1 is 1.57 bits per heavy atom. The third-order valence-corrected chi connectivity index (χ3v) is 2.92. The number of nitrogens with zero attached hydrogens (tertiary/aromatic N) is 1. The van der Waals surface area contributed by atoms with Crippen molar-refractivity contribution in [2.24, 2.45) is 5.92 Å². The Morgan fingerprint density at radius 2 is 2.21 bits per heavy atom. The van der Waals surface area contributed by atoms with Gasteiger partial charge in [-0.25, -0.2) is 0 Å². The standard InChI is InChI=1S/C12H22N2/c1-6-7-14-9-12(4,5)13-8-11(14)10(2)3/h1,10-11,13H,7-9H2,2-5H3.